The number of nitrogens with zero attached hydrogens (tertiary/aromatic N) is 1. The number of aliphatic hydroxyl groups excluding tert-OH is 1. The number of ether oxygens (including phenoxy) is 1. The zero-order chi connectivity index (χ0) is 15.3. The molecule has 1 aromatic rings. The lowest BCUT2D eigenvalue weighted by Crippen LogP contribution is -2.14. The number of aliphatic hydroxyl groups is 1. The number of nitro benzene ring substituents is 1. The van der Waals surface area contributed by atoms with Crippen molar-refractivity contribution in [3.63, 3.8) is 0 Å². The maximum atomic E-state index is 11.0. The van der Waals surface area contributed by atoms with Crippen LogP contribution in [0.3, 0.4) is 0 Å². The highest BCUT2D eigenvalue weighted by molar-refractivity contribution is 5.48. The zero-order valence-corrected chi connectivity index (χ0v) is 12.5. The summed E-state index contributed by atoms with van der Waals surface area (Å²) in [6.45, 7) is 7.74. The molecule has 0 amide bonds. The number of hydrogen-bond donors (Lipinski definition) is 1. The van der Waals surface area contributed by atoms with Gasteiger partial charge in [-0.2, -0.15) is 0 Å². The molecular formula is C15H23NO4. The van der Waals surface area contributed by atoms with Crippen molar-refractivity contribution in [1.82, 2.24) is 0 Å². The van der Waals surface area contributed by atoms with Gasteiger partial charge in [-0.25, -0.2) is 0 Å². The minimum atomic E-state index is -0.452. The summed E-state index contributed by atoms with van der Waals surface area (Å²) in [4.78, 5) is 10.5. The van der Waals surface area contributed by atoms with Crippen molar-refractivity contribution in [1.29, 1.82) is 0 Å². The van der Waals surface area contributed by atoms with Gasteiger partial charge >= 0.3 is 5.69 Å². The van der Waals surface area contributed by atoms with Crippen LogP contribution < -0.4 is 4.74 Å². The van der Waals surface area contributed by atoms with Gasteiger partial charge in [0.25, 0.3) is 0 Å². The van der Waals surface area contributed by atoms with Crippen molar-refractivity contribution in [3.8, 4) is 5.75 Å². The van der Waals surface area contributed by atoms with E-state index < -0.39 is 11.0 Å². The smallest absolute Gasteiger partial charge is 0.310 e. The fourth-order valence-electron chi connectivity index (χ4n) is 2.08. The van der Waals surface area contributed by atoms with Crippen LogP contribution >= 0.6 is 0 Å². The Labute approximate surface area is 119 Å². The SMILES string of the molecule is CC(C)CC(O)Cc1ccc([N+](=O)[O-])c(OC(C)C)c1. The highest BCUT2D eigenvalue weighted by Gasteiger charge is 2.18. The summed E-state index contributed by atoms with van der Waals surface area (Å²) in [5.74, 6) is 0.675. The van der Waals surface area contributed by atoms with Crippen molar-refractivity contribution in [2.45, 2.75) is 52.7 Å². The summed E-state index contributed by atoms with van der Waals surface area (Å²) < 4.78 is 5.49. The van der Waals surface area contributed by atoms with Crippen LogP contribution in [0.1, 0.15) is 39.7 Å². The summed E-state index contributed by atoms with van der Waals surface area (Å²) >= 11 is 0. The average molecular weight is 281 g/mol. The van der Waals surface area contributed by atoms with Gasteiger partial charge < -0.3 is 9.84 Å². The first kappa shape index (κ1) is 16.4. The molecule has 1 aromatic carbocycles. The minimum absolute atomic E-state index is 0.0409. The van der Waals surface area contributed by atoms with Gasteiger partial charge in [0.15, 0.2) is 5.75 Å². The standard InChI is InChI=1S/C15H23NO4/c1-10(2)7-13(17)8-12-5-6-14(16(18)19)15(9-12)20-11(3)4/h5-6,9-11,13,17H,7-8H2,1-4H3. The third-order valence-electron chi connectivity index (χ3n) is 2.80. The van der Waals surface area contributed by atoms with Crippen LogP contribution in [0.2, 0.25) is 0 Å². The van der Waals surface area contributed by atoms with Gasteiger partial charge in [0.1, 0.15) is 0 Å². The fourth-order valence-corrected chi connectivity index (χ4v) is 2.08. The second-order valence-corrected chi connectivity index (χ2v) is 5.71. The molecule has 0 saturated heterocycles. The van der Waals surface area contributed by atoms with E-state index in [1.54, 1.807) is 12.1 Å². The van der Waals surface area contributed by atoms with Gasteiger partial charge in [-0.1, -0.05) is 19.9 Å². The molecular weight excluding hydrogens is 258 g/mol. The maximum Gasteiger partial charge on any atom is 0.310 e. The summed E-state index contributed by atoms with van der Waals surface area (Å²) in [7, 11) is 0. The van der Waals surface area contributed by atoms with E-state index in [0.717, 1.165) is 5.56 Å². The second-order valence-electron chi connectivity index (χ2n) is 5.71. The van der Waals surface area contributed by atoms with Crippen molar-refractivity contribution in [3.05, 3.63) is 33.9 Å². The number of benzene rings is 1. The summed E-state index contributed by atoms with van der Waals surface area (Å²) in [5, 5.41) is 20.9. The van der Waals surface area contributed by atoms with Crippen LogP contribution in [0.15, 0.2) is 18.2 Å². The van der Waals surface area contributed by atoms with Crippen LogP contribution in [0.5, 0.6) is 5.75 Å². The third kappa shape index (κ3) is 5.17. The van der Waals surface area contributed by atoms with Gasteiger partial charge in [-0.3, -0.25) is 10.1 Å². The van der Waals surface area contributed by atoms with E-state index in [2.05, 4.69) is 0 Å². The van der Waals surface area contributed by atoms with E-state index in [1.165, 1.54) is 6.07 Å². The van der Waals surface area contributed by atoms with Gasteiger partial charge in [-0.15, -0.1) is 0 Å². The third-order valence-corrected chi connectivity index (χ3v) is 2.80. The molecule has 0 saturated carbocycles. The van der Waals surface area contributed by atoms with E-state index in [4.69, 9.17) is 4.74 Å². The van der Waals surface area contributed by atoms with Crippen LogP contribution in [0.25, 0.3) is 0 Å². The maximum absolute atomic E-state index is 11.0. The monoisotopic (exact) mass is 281 g/mol. The molecule has 0 aliphatic heterocycles. The van der Waals surface area contributed by atoms with Gasteiger partial charge in [-0.05, 0) is 44.2 Å². The molecule has 0 aliphatic rings. The molecule has 112 valence electrons. The van der Waals surface area contributed by atoms with E-state index >= 15 is 0 Å². The number of hydrogen-bond acceptors (Lipinski definition) is 4. The molecule has 0 fully saturated rings. The topological polar surface area (TPSA) is 72.6 Å². The summed E-state index contributed by atoms with van der Waals surface area (Å²) in [5.41, 5.74) is 0.806. The Morgan fingerprint density at radius 1 is 1.30 bits per heavy atom. The fraction of sp³-hybridized carbons (Fsp3) is 0.600. The van der Waals surface area contributed by atoms with Gasteiger partial charge in [0, 0.05) is 6.07 Å². The van der Waals surface area contributed by atoms with Gasteiger partial charge in [0.2, 0.25) is 0 Å². The molecule has 1 unspecified atom stereocenters. The first-order valence-electron chi connectivity index (χ1n) is 6.91. The van der Waals surface area contributed by atoms with Crippen LogP contribution in [-0.2, 0) is 6.42 Å². The lowest BCUT2D eigenvalue weighted by atomic mass is 9.99. The van der Waals surface area contributed by atoms with Crippen LogP contribution in [-0.4, -0.2) is 22.2 Å². The second kappa shape index (κ2) is 7.24. The van der Waals surface area contributed by atoms with Crippen LogP contribution in [0, 0.1) is 16.0 Å². The first-order valence-corrected chi connectivity index (χ1v) is 6.91. The lowest BCUT2D eigenvalue weighted by molar-refractivity contribution is -0.386. The summed E-state index contributed by atoms with van der Waals surface area (Å²) in [6, 6.07) is 4.77. The molecule has 1 N–H and O–H groups in total. The van der Waals surface area contributed by atoms with Crippen molar-refractivity contribution in [2.24, 2.45) is 5.92 Å². The van der Waals surface area contributed by atoms with Crippen LogP contribution in [0.4, 0.5) is 5.69 Å². The largest absolute Gasteiger partial charge is 0.484 e. The predicted octanol–water partition coefficient (Wildman–Crippen LogP) is 3.33. The lowest BCUT2D eigenvalue weighted by Gasteiger charge is -2.15. The van der Waals surface area contributed by atoms with Gasteiger partial charge in [0.05, 0.1) is 17.1 Å². The van der Waals surface area contributed by atoms with Crippen molar-refractivity contribution >= 4 is 5.69 Å². The predicted molar refractivity (Wildman–Crippen MR) is 78.0 cm³/mol. The highest BCUT2D eigenvalue weighted by Crippen LogP contribution is 2.29. The van der Waals surface area contributed by atoms with Crippen molar-refractivity contribution < 1.29 is 14.8 Å². The molecule has 0 bridgehead atoms. The summed E-state index contributed by atoms with van der Waals surface area (Å²) in [6.07, 6.45) is 0.607. The normalized spacial score (nSPS) is 12.8. The molecule has 0 aliphatic carbocycles. The molecule has 0 radical (unpaired) electrons. The van der Waals surface area contributed by atoms with E-state index in [1.807, 2.05) is 27.7 Å². The quantitative estimate of drug-likeness (QED) is 0.614. The number of rotatable bonds is 7. The molecule has 20 heavy (non-hydrogen) atoms. The Morgan fingerprint density at radius 3 is 2.45 bits per heavy atom. The molecule has 0 aromatic heterocycles. The molecule has 5 nitrogen and oxygen atoms in total. The molecule has 0 heterocycles. The molecule has 0 spiro atoms. The Bertz CT molecular complexity index is 457. The Morgan fingerprint density at radius 2 is 1.95 bits per heavy atom. The zero-order valence-electron chi connectivity index (χ0n) is 12.5. The number of nitro groups is 1. The minimum Gasteiger partial charge on any atom is -0.484 e. The Kier molecular flexibility index (Phi) is 5.95. The molecule has 1 atom stereocenters. The van der Waals surface area contributed by atoms with E-state index in [0.29, 0.717) is 18.8 Å². The highest BCUT2D eigenvalue weighted by atomic mass is 16.6. The van der Waals surface area contributed by atoms with Crippen molar-refractivity contribution in [2.75, 3.05) is 0 Å². The first-order chi connectivity index (χ1) is 9.29. The average Bonchev–Trinajstić information content (AvgIpc) is 2.26. The Hall–Kier alpha value is -1.62. The Balaban J connectivity index is 2.91. The van der Waals surface area contributed by atoms with E-state index in [-0.39, 0.29) is 17.5 Å². The molecule has 1 rings (SSSR count). The molecule has 5 heteroatoms. The van der Waals surface area contributed by atoms with E-state index in [9.17, 15) is 15.2 Å².